The van der Waals surface area contributed by atoms with Gasteiger partial charge in [-0.25, -0.2) is 4.79 Å². The Hall–Kier alpha value is -2.57. The molecule has 0 bridgehead atoms. The number of hydrogen-bond acceptors (Lipinski definition) is 3. The maximum Gasteiger partial charge on any atom is 0.319 e. The Morgan fingerprint density at radius 3 is 2.21 bits per heavy atom. The van der Waals surface area contributed by atoms with Crippen molar-refractivity contribution < 1.29 is 19.5 Å². The molecule has 24 heavy (non-hydrogen) atoms. The molecule has 0 atom stereocenters. The zero-order valence-corrected chi connectivity index (χ0v) is 13.7. The van der Waals surface area contributed by atoms with Gasteiger partial charge in [-0.05, 0) is 50.8 Å². The summed E-state index contributed by atoms with van der Waals surface area (Å²) in [5.41, 5.74) is 1.20. The van der Waals surface area contributed by atoms with Gasteiger partial charge >= 0.3 is 12.0 Å². The minimum Gasteiger partial charge on any atom is -0.481 e. The number of rotatable bonds is 5. The van der Waals surface area contributed by atoms with E-state index in [1.165, 1.54) is 0 Å². The normalized spacial score (nSPS) is 20.0. The van der Waals surface area contributed by atoms with Gasteiger partial charge in [0.25, 0.3) is 0 Å². The Bertz CT molecular complexity index is 610. The summed E-state index contributed by atoms with van der Waals surface area (Å²) in [6.07, 6.45) is 2.23. The predicted octanol–water partition coefficient (Wildman–Crippen LogP) is 2.66. The average molecular weight is 333 g/mol. The summed E-state index contributed by atoms with van der Waals surface area (Å²) in [4.78, 5) is 34.8. The van der Waals surface area contributed by atoms with Gasteiger partial charge in [-0.3, -0.25) is 9.59 Å². The number of carbonyl (C=O) groups is 3. The topological polar surface area (TPSA) is 108 Å². The molecule has 0 aliphatic heterocycles. The molecule has 0 aromatic heterocycles. The first-order valence-corrected chi connectivity index (χ1v) is 8.18. The summed E-state index contributed by atoms with van der Waals surface area (Å²) < 4.78 is 0. The number of anilines is 2. The van der Waals surface area contributed by atoms with Crippen LogP contribution in [-0.4, -0.2) is 29.6 Å². The van der Waals surface area contributed by atoms with Crippen molar-refractivity contribution in [2.45, 2.75) is 32.6 Å². The molecule has 4 N–H and O–H groups in total. The van der Waals surface area contributed by atoms with E-state index in [0.29, 0.717) is 43.6 Å². The number of hydrogen-bond donors (Lipinski definition) is 4. The maximum atomic E-state index is 12.3. The van der Waals surface area contributed by atoms with Crippen molar-refractivity contribution in [3.8, 4) is 0 Å². The zero-order chi connectivity index (χ0) is 17.5. The van der Waals surface area contributed by atoms with Gasteiger partial charge in [0.15, 0.2) is 0 Å². The predicted molar refractivity (Wildman–Crippen MR) is 90.9 cm³/mol. The summed E-state index contributed by atoms with van der Waals surface area (Å²) in [6, 6.07) is 6.63. The van der Waals surface area contributed by atoms with E-state index in [0.717, 1.165) is 0 Å². The summed E-state index contributed by atoms with van der Waals surface area (Å²) in [5, 5.41) is 17.2. The van der Waals surface area contributed by atoms with Crippen LogP contribution in [0.15, 0.2) is 24.3 Å². The van der Waals surface area contributed by atoms with E-state index < -0.39 is 5.97 Å². The van der Waals surface area contributed by atoms with E-state index in [1.807, 2.05) is 6.92 Å². The highest BCUT2D eigenvalue weighted by molar-refractivity contribution is 5.94. The number of carboxylic acid groups (broad SMARTS) is 1. The van der Waals surface area contributed by atoms with Crippen LogP contribution in [0.4, 0.5) is 16.2 Å². The Morgan fingerprint density at radius 2 is 1.62 bits per heavy atom. The minimum atomic E-state index is -0.780. The fourth-order valence-corrected chi connectivity index (χ4v) is 2.86. The van der Waals surface area contributed by atoms with Gasteiger partial charge in [-0.1, -0.05) is 6.07 Å². The van der Waals surface area contributed by atoms with Crippen molar-refractivity contribution in [3.63, 3.8) is 0 Å². The van der Waals surface area contributed by atoms with Crippen molar-refractivity contribution in [1.82, 2.24) is 5.32 Å². The second-order valence-electron chi connectivity index (χ2n) is 5.94. The zero-order valence-electron chi connectivity index (χ0n) is 13.7. The van der Waals surface area contributed by atoms with Crippen LogP contribution in [0, 0.1) is 11.8 Å². The van der Waals surface area contributed by atoms with Crippen molar-refractivity contribution in [2.24, 2.45) is 11.8 Å². The number of amides is 3. The molecule has 0 radical (unpaired) electrons. The standard InChI is InChI=1S/C17H23N3O4/c1-2-18-17(24)20-14-5-3-4-13(10-14)19-15(21)11-6-8-12(9-7-11)16(22)23/h3-5,10-12H,2,6-9H2,1H3,(H,19,21)(H,22,23)(H2,18,20,24). The Morgan fingerprint density at radius 1 is 1.04 bits per heavy atom. The van der Waals surface area contributed by atoms with E-state index in [1.54, 1.807) is 24.3 Å². The Balaban J connectivity index is 1.90. The third-order valence-corrected chi connectivity index (χ3v) is 4.17. The molecule has 1 saturated carbocycles. The average Bonchev–Trinajstić information content (AvgIpc) is 2.55. The van der Waals surface area contributed by atoms with Crippen LogP contribution in [0.1, 0.15) is 32.6 Å². The maximum absolute atomic E-state index is 12.3. The van der Waals surface area contributed by atoms with Gasteiger partial charge in [0.05, 0.1) is 5.92 Å². The van der Waals surface area contributed by atoms with E-state index in [-0.39, 0.29) is 23.8 Å². The first kappa shape index (κ1) is 17.8. The first-order chi connectivity index (χ1) is 11.5. The number of carboxylic acids is 1. The molecule has 1 aliphatic rings. The molecule has 1 aromatic rings. The third-order valence-electron chi connectivity index (χ3n) is 4.17. The smallest absolute Gasteiger partial charge is 0.319 e. The number of nitrogens with one attached hydrogen (secondary N) is 3. The summed E-state index contributed by atoms with van der Waals surface area (Å²) in [5.74, 6) is -1.38. The van der Waals surface area contributed by atoms with Crippen LogP contribution in [-0.2, 0) is 9.59 Å². The van der Waals surface area contributed by atoms with E-state index in [4.69, 9.17) is 5.11 Å². The van der Waals surface area contributed by atoms with Crippen LogP contribution >= 0.6 is 0 Å². The minimum absolute atomic E-state index is 0.103. The Labute approximate surface area is 140 Å². The van der Waals surface area contributed by atoms with E-state index in [9.17, 15) is 14.4 Å². The molecule has 1 aliphatic carbocycles. The van der Waals surface area contributed by atoms with Gasteiger partial charge in [-0.2, -0.15) is 0 Å². The number of benzene rings is 1. The molecule has 0 unspecified atom stereocenters. The highest BCUT2D eigenvalue weighted by Gasteiger charge is 2.29. The molecule has 7 heteroatoms. The molecule has 3 amide bonds. The van der Waals surface area contributed by atoms with Gasteiger partial charge in [0.2, 0.25) is 5.91 Å². The molecular weight excluding hydrogens is 310 g/mol. The van der Waals surface area contributed by atoms with Gasteiger partial charge in [0.1, 0.15) is 0 Å². The largest absolute Gasteiger partial charge is 0.481 e. The lowest BCUT2D eigenvalue weighted by atomic mass is 9.81. The van der Waals surface area contributed by atoms with Crippen molar-refractivity contribution >= 4 is 29.3 Å². The lowest BCUT2D eigenvalue weighted by Gasteiger charge is -2.25. The van der Waals surface area contributed by atoms with Crippen molar-refractivity contribution in [3.05, 3.63) is 24.3 Å². The van der Waals surface area contributed by atoms with Gasteiger partial charge in [-0.15, -0.1) is 0 Å². The fraction of sp³-hybridized carbons (Fsp3) is 0.471. The molecule has 130 valence electrons. The lowest BCUT2D eigenvalue weighted by molar-refractivity contribution is -0.143. The molecular formula is C17H23N3O4. The van der Waals surface area contributed by atoms with Crippen LogP contribution in [0.25, 0.3) is 0 Å². The molecule has 7 nitrogen and oxygen atoms in total. The number of carbonyl (C=O) groups excluding carboxylic acids is 2. The lowest BCUT2D eigenvalue weighted by Crippen LogP contribution is -2.29. The van der Waals surface area contributed by atoms with Crippen molar-refractivity contribution in [1.29, 1.82) is 0 Å². The molecule has 1 fully saturated rings. The molecule has 0 heterocycles. The number of aliphatic carboxylic acids is 1. The van der Waals surface area contributed by atoms with E-state index >= 15 is 0 Å². The fourth-order valence-electron chi connectivity index (χ4n) is 2.86. The van der Waals surface area contributed by atoms with Gasteiger partial charge in [0, 0.05) is 23.8 Å². The summed E-state index contributed by atoms with van der Waals surface area (Å²) in [7, 11) is 0. The van der Waals surface area contributed by atoms with Crippen LogP contribution in [0.3, 0.4) is 0 Å². The highest BCUT2D eigenvalue weighted by Crippen LogP contribution is 2.30. The SMILES string of the molecule is CCNC(=O)Nc1cccc(NC(=O)C2CCC(C(=O)O)CC2)c1. The van der Waals surface area contributed by atoms with E-state index in [2.05, 4.69) is 16.0 Å². The van der Waals surface area contributed by atoms with Gasteiger partial charge < -0.3 is 21.1 Å². The second-order valence-corrected chi connectivity index (χ2v) is 5.94. The third kappa shape index (κ3) is 4.97. The van der Waals surface area contributed by atoms with Crippen molar-refractivity contribution in [2.75, 3.05) is 17.2 Å². The molecule has 0 saturated heterocycles. The highest BCUT2D eigenvalue weighted by atomic mass is 16.4. The second kappa shape index (κ2) is 8.33. The molecule has 0 spiro atoms. The van der Waals surface area contributed by atoms with Crippen LogP contribution in [0.5, 0.6) is 0 Å². The summed E-state index contributed by atoms with van der Waals surface area (Å²) >= 11 is 0. The Kier molecular flexibility index (Phi) is 6.17. The quantitative estimate of drug-likeness (QED) is 0.664. The van der Waals surface area contributed by atoms with Crippen LogP contribution < -0.4 is 16.0 Å². The summed E-state index contributed by atoms with van der Waals surface area (Å²) in [6.45, 7) is 2.36. The molecule has 2 rings (SSSR count). The van der Waals surface area contributed by atoms with Crippen LogP contribution in [0.2, 0.25) is 0 Å². The first-order valence-electron chi connectivity index (χ1n) is 8.18. The molecule has 1 aromatic carbocycles. The monoisotopic (exact) mass is 333 g/mol. The number of urea groups is 1.